The Hall–Kier alpha value is -2.23. The number of benzene rings is 1. The number of amides is 1. The highest BCUT2D eigenvalue weighted by Gasteiger charge is 2.05. The van der Waals surface area contributed by atoms with Gasteiger partial charge in [0.2, 0.25) is 0 Å². The zero-order valence-corrected chi connectivity index (χ0v) is 8.60. The van der Waals surface area contributed by atoms with Gasteiger partial charge in [0.15, 0.2) is 0 Å². The number of rotatable bonds is 3. The maximum atomic E-state index is 11.7. The summed E-state index contributed by atoms with van der Waals surface area (Å²) in [5, 5.41) is 12.0. The molecule has 0 aliphatic carbocycles. The number of aromatic hydroxyl groups is 1. The molecule has 0 unspecified atom stereocenters. The van der Waals surface area contributed by atoms with Crippen LogP contribution in [0.2, 0.25) is 0 Å². The molecule has 0 atom stereocenters. The highest BCUT2D eigenvalue weighted by molar-refractivity contribution is 5.94. The second kappa shape index (κ2) is 4.53. The van der Waals surface area contributed by atoms with Gasteiger partial charge < -0.3 is 15.4 Å². The van der Waals surface area contributed by atoms with Crippen LogP contribution < -0.4 is 5.32 Å². The molecule has 0 radical (unpaired) electrons. The highest BCUT2D eigenvalue weighted by atomic mass is 16.3. The molecule has 3 N–H and O–H groups in total. The number of hydrogen-bond acceptors (Lipinski definition) is 2. The summed E-state index contributed by atoms with van der Waals surface area (Å²) in [5.41, 5.74) is 1.46. The van der Waals surface area contributed by atoms with Crippen molar-refractivity contribution in [2.75, 3.05) is 0 Å². The molecule has 4 nitrogen and oxygen atoms in total. The van der Waals surface area contributed by atoms with Gasteiger partial charge in [-0.05, 0) is 29.8 Å². The van der Waals surface area contributed by atoms with Gasteiger partial charge in [0.1, 0.15) is 5.75 Å². The van der Waals surface area contributed by atoms with E-state index in [0.717, 1.165) is 5.56 Å². The monoisotopic (exact) mass is 216 g/mol. The lowest BCUT2D eigenvalue weighted by Crippen LogP contribution is -2.22. The summed E-state index contributed by atoms with van der Waals surface area (Å²) < 4.78 is 0. The highest BCUT2D eigenvalue weighted by Crippen LogP contribution is 2.10. The molecule has 2 rings (SSSR count). The minimum absolute atomic E-state index is 0.0919. The van der Waals surface area contributed by atoms with Crippen LogP contribution in [-0.4, -0.2) is 16.0 Å². The quantitative estimate of drug-likeness (QED) is 0.730. The number of carbonyl (C=O) groups is 1. The van der Waals surface area contributed by atoms with Gasteiger partial charge in [-0.3, -0.25) is 4.79 Å². The first kappa shape index (κ1) is 10.3. The Labute approximate surface area is 92.9 Å². The number of carbonyl (C=O) groups excluding carboxylic acids is 1. The van der Waals surface area contributed by atoms with E-state index in [1.807, 2.05) is 12.3 Å². The van der Waals surface area contributed by atoms with Gasteiger partial charge in [0, 0.05) is 24.5 Å². The van der Waals surface area contributed by atoms with Crippen LogP contribution in [-0.2, 0) is 6.54 Å². The standard InChI is InChI=1S/C12H12N2O2/c15-11-3-1-2-10(6-11)12(16)14-8-9-4-5-13-7-9/h1-7,13,15H,8H2,(H,14,16). The van der Waals surface area contributed by atoms with Crippen molar-refractivity contribution < 1.29 is 9.90 Å². The lowest BCUT2D eigenvalue weighted by Gasteiger charge is -2.03. The number of aromatic amines is 1. The Bertz CT molecular complexity index is 478. The maximum Gasteiger partial charge on any atom is 0.251 e. The average molecular weight is 216 g/mol. The summed E-state index contributed by atoms with van der Waals surface area (Å²) in [6.07, 6.45) is 3.62. The molecule has 16 heavy (non-hydrogen) atoms. The van der Waals surface area contributed by atoms with Crippen LogP contribution in [0.25, 0.3) is 0 Å². The first-order chi connectivity index (χ1) is 7.75. The topological polar surface area (TPSA) is 65.1 Å². The Morgan fingerprint density at radius 3 is 2.94 bits per heavy atom. The van der Waals surface area contributed by atoms with E-state index in [0.29, 0.717) is 12.1 Å². The van der Waals surface area contributed by atoms with Crippen molar-refractivity contribution in [2.24, 2.45) is 0 Å². The smallest absolute Gasteiger partial charge is 0.251 e. The van der Waals surface area contributed by atoms with Crippen LogP contribution in [0, 0.1) is 0 Å². The third-order valence-corrected chi connectivity index (χ3v) is 2.22. The van der Waals surface area contributed by atoms with Crippen molar-refractivity contribution in [3.05, 3.63) is 53.9 Å². The summed E-state index contributed by atoms with van der Waals surface area (Å²) >= 11 is 0. The lowest BCUT2D eigenvalue weighted by molar-refractivity contribution is 0.0950. The predicted octanol–water partition coefficient (Wildman–Crippen LogP) is 1.65. The second-order valence-corrected chi connectivity index (χ2v) is 3.45. The fourth-order valence-electron chi connectivity index (χ4n) is 1.40. The molecule has 82 valence electrons. The van der Waals surface area contributed by atoms with Gasteiger partial charge >= 0.3 is 0 Å². The molecule has 2 aromatic rings. The van der Waals surface area contributed by atoms with Crippen molar-refractivity contribution in [1.29, 1.82) is 0 Å². The van der Waals surface area contributed by atoms with Crippen LogP contribution in [0.4, 0.5) is 0 Å². The van der Waals surface area contributed by atoms with E-state index in [1.54, 1.807) is 18.3 Å². The first-order valence-corrected chi connectivity index (χ1v) is 4.94. The van der Waals surface area contributed by atoms with Crippen LogP contribution in [0.5, 0.6) is 5.75 Å². The molecule has 0 bridgehead atoms. The van der Waals surface area contributed by atoms with E-state index in [4.69, 9.17) is 0 Å². The number of phenols is 1. The Kier molecular flexibility index (Phi) is 2.91. The molecular formula is C12H12N2O2. The predicted molar refractivity (Wildman–Crippen MR) is 60.1 cm³/mol. The minimum Gasteiger partial charge on any atom is -0.508 e. The van der Waals surface area contributed by atoms with Gasteiger partial charge in [0.25, 0.3) is 5.91 Å². The fourth-order valence-corrected chi connectivity index (χ4v) is 1.40. The van der Waals surface area contributed by atoms with E-state index >= 15 is 0 Å². The Morgan fingerprint density at radius 1 is 1.38 bits per heavy atom. The molecule has 4 heteroatoms. The number of phenolic OH excluding ortho intramolecular Hbond substituents is 1. The largest absolute Gasteiger partial charge is 0.508 e. The van der Waals surface area contributed by atoms with Crippen molar-refractivity contribution in [1.82, 2.24) is 10.3 Å². The summed E-state index contributed by atoms with van der Waals surface area (Å²) in [5.74, 6) is -0.105. The number of H-pyrrole nitrogens is 1. The molecule has 1 amide bonds. The second-order valence-electron chi connectivity index (χ2n) is 3.45. The van der Waals surface area contributed by atoms with Crippen LogP contribution in [0.15, 0.2) is 42.7 Å². The number of aromatic nitrogens is 1. The molecule has 0 saturated heterocycles. The minimum atomic E-state index is -0.197. The Morgan fingerprint density at radius 2 is 2.25 bits per heavy atom. The average Bonchev–Trinajstić information content (AvgIpc) is 2.78. The zero-order chi connectivity index (χ0) is 11.4. The summed E-state index contributed by atoms with van der Waals surface area (Å²) in [6.45, 7) is 0.470. The lowest BCUT2D eigenvalue weighted by atomic mass is 10.2. The summed E-state index contributed by atoms with van der Waals surface area (Å²) in [4.78, 5) is 14.6. The SMILES string of the molecule is O=C(NCc1cc[nH]c1)c1cccc(O)c1. The van der Waals surface area contributed by atoms with Gasteiger partial charge in [0.05, 0.1) is 0 Å². The van der Waals surface area contributed by atoms with Crippen molar-refractivity contribution >= 4 is 5.91 Å². The molecule has 0 aliphatic heterocycles. The van der Waals surface area contributed by atoms with Crippen molar-refractivity contribution in [3.8, 4) is 5.75 Å². The van der Waals surface area contributed by atoms with E-state index in [9.17, 15) is 9.90 Å². The molecule has 1 aromatic heterocycles. The van der Waals surface area contributed by atoms with Gasteiger partial charge in [-0.15, -0.1) is 0 Å². The molecule has 0 aliphatic rings. The number of hydrogen-bond donors (Lipinski definition) is 3. The van der Waals surface area contributed by atoms with Crippen LogP contribution in [0.1, 0.15) is 15.9 Å². The van der Waals surface area contributed by atoms with E-state index in [-0.39, 0.29) is 11.7 Å². The number of nitrogens with one attached hydrogen (secondary N) is 2. The molecular weight excluding hydrogens is 204 g/mol. The third-order valence-electron chi connectivity index (χ3n) is 2.22. The zero-order valence-electron chi connectivity index (χ0n) is 8.60. The first-order valence-electron chi connectivity index (χ1n) is 4.94. The molecule has 1 heterocycles. The van der Waals surface area contributed by atoms with Crippen molar-refractivity contribution in [3.63, 3.8) is 0 Å². The molecule has 1 aromatic carbocycles. The summed E-state index contributed by atoms with van der Waals surface area (Å²) in [7, 11) is 0. The normalized spacial score (nSPS) is 10.0. The molecule has 0 spiro atoms. The van der Waals surface area contributed by atoms with E-state index in [1.165, 1.54) is 12.1 Å². The third kappa shape index (κ3) is 2.42. The van der Waals surface area contributed by atoms with Crippen LogP contribution >= 0.6 is 0 Å². The molecule has 0 fully saturated rings. The van der Waals surface area contributed by atoms with Crippen molar-refractivity contribution in [2.45, 2.75) is 6.54 Å². The van der Waals surface area contributed by atoms with Crippen LogP contribution in [0.3, 0.4) is 0 Å². The van der Waals surface area contributed by atoms with Gasteiger partial charge in [-0.1, -0.05) is 6.07 Å². The maximum absolute atomic E-state index is 11.7. The van der Waals surface area contributed by atoms with Gasteiger partial charge in [-0.2, -0.15) is 0 Å². The van der Waals surface area contributed by atoms with E-state index in [2.05, 4.69) is 10.3 Å². The molecule has 0 saturated carbocycles. The Balaban J connectivity index is 1.98. The fraction of sp³-hybridized carbons (Fsp3) is 0.0833. The van der Waals surface area contributed by atoms with E-state index < -0.39 is 0 Å². The summed E-state index contributed by atoms with van der Waals surface area (Å²) in [6, 6.07) is 8.16. The van der Waals surface area contributed by atoms with Gasteiger partial charge in [-0.25, -0.2) is 0 Å².